The third-order valence-electron chi connectivity index (χ3n) is 4.26. The normalized spacial score (nSPS) is 10.9. The van der Waals surface area contributed by atoms with E-state index in [2.05, 4.69) is 4.98 Å². The van der Waals surface area contributed by atoms with E-state index in [4.69, 9.17) is 27.9 Å². The zero-order valence-corrected chi connectivity index (χ0v) is 16.5. The minimum absolute atomic E-state index is 0.00664. The summed E-state index contributed by atoms with van der Waals surface area (Å²) in [4.78, 5) is 25.9. The molecule has 3 rings (SSSR count). The molecule has 8 nitrogen and oxygen atoms in total. The van der Waals surface area contributed by atoms with Crippen LogP contribution in [0.4, 0.5) is 5.69 Å². The summed E-state index contributed by atoms with van der Waals surface area (Å²) >= 11 is 12.2. The first-order valence-electron chi connectivity index (χ1n) is 8.32. The quantitative estimate of drug-likeness (QED) is 0.196. The largest absolute Gasteiger partial charge is 0.507 e. The summed E-state index contributed by atoms with van der Waals surface area (Å²) in [7, 11) is 0. The van der Waals surface area contributed by atoms with Crippen LogP contribution in [0.25, 0.3) is 22.0 Å². The van der Waals surface area contributed by atoms with Crippen molar-refractivity contribution in [3.05, 3.63) is 56.2 Å². The molecular formula is C19H14Cl2N2O6. The molecule has 0 bridgehead atoms. The number of carbonyl (C=O) groups excluding carboxylic acids is 1. The smallest absolute Gasteiger partial charge is 0.302 e. The van der Waals surface area contributed by atoms with Gasteiger partial charge in [0.15, 0.2) is 5.75 Å². The van der Waals surface area contributed by atoms with Crippen LogP contribution >= 0.6 is 23.2 Å². The zero-order chi connectivity index (χ0) is 21.3. The second-order valence-electron chi connectivity index (χ2n) is 6.07. The molecule has 0 aliphatic heterocycles. The maximum Gasteiger partial charge on any atom is 0.302 e. The fourth-order valence-electron chi connectivity index (χ4n) is 3.02. The lowest BCUT2D eigenvalue weighted by Crippen LogP contribution is -2.04. The van der Waals surface area contributed by atoms with E-state index in [1.54, 1.807) is 6.07 Å². The predicted molar refractivity (Wildman–Crippen MR) is 108 cm³/mol. The number of nitro groups is 1. The number of benzene rings is 2. The highest BCUT2D eigenvalue weighted by Gasteiger charge is 2.25. The molecule has 3 aromatic rings. The van der Waals surface area contributed by atoms with Crippen molar-refractivity contribution >= 4 is 45.8 Å². The van der Waals surface area contributed by atoms with Crippen LogP contribution in [0.5, 0.6) is 11.5 Å². The van der Waals surface area contributed by atoms with Gasteiger partial charge in [-0.15, -0.1) is 0 Å². The number of halogens is 2. The van der Waals surface area contributed by atoms with Crippen molar-refractivity contribution in [1.82, 2.24) is 4.98 Å². The Bertz CT molecular complexity index is 1150. The Morgan fingerprint density at radius 1 is 1.21 bits per heavy atom. The Balaban J connectivity index is 2.34. The number of phenols is 2. The number of rotatable bonds is 5. The molecule has 29 heavy (non-hydrogen) atoms. The second kappa shape index (κ2) is 8.10. The molecule has 0 radical (unpaired) electrons. The van der Waals surface area contributed by atoms with E-state index >= 15 is 0 Å². The molecule has 150 valence electrons. The van der Waals surface area contributed by atoms with Crippen molar-refractivity contribution < 1.29 is 24.7 Å². The van der Waals surface area contributed by atoms with Crippen LogP contribution in [0.15, 0.2) is 30.3 Å². The number of fused-ring (bicyclic) bond motifs is 1. The third kappa shape index (κ3) is 3.90. The summed E-state index contributed by atoms with van der Waals surface area (Å²) in [5, 5.41) is 32.7. The van der Waals surface area contributed by atoms with Crippen molar-refractivity contribution in [3.8, 4) is 22.6 Å². The molecule has 0 saturated heterocycles. The summed E-state index contributed by atoms with van der Waals surface area (Å²) in [6, 6.07) is 7.26. The lowest BCUT2D eigenvalue weighted by molar-refractivity contribution is -0.384. The minimum atomic E-state index is -0.566. The van der Waals surface area contributed by atoms with Gasteiger partial charge in [-0.3, -0.25) is 14.9 Å². The summed E-state index contributed by atoms with van der Waals surface area (Å²) in [5.41, 5.74) is 0.165. The molecule has 0 unspecified atom stereocenters. The number of para-hydroxylation sites is 1. The molecule has 0 fully saturated rings. The monoisotopic (exact) mass is 436 g/mol. The van der Waals surface area contributed by atoms with Crippen molar-refractivity contribution in [2.24, 2.45) is 0 Å². The average molecular weight is 437 g/mol. The fourth-order valence-corrected chi connectivity index (χ4v) is 3.49. The standard InChI is InChI=1S/C19H14Cl2N2O6/c1-9(24)29-7-6-11-16(21)19(26)17-15(18(11)25)12(8-14(20)22-17)10-4-2-3-5-13(10)23(27)28/h2-5,8,25-26H,6-7H2,1H3. The molecule has 2 N–H and O–H groups in total. The number of aromatic hydroxyl groups is 2. The first-order valence-corrected chi connectivity index (χ1v) is 9.07. The topological polar surface area (TPSA) is 123 Å². The van der Waals surface area contributed by atoms with E-state index in [0.29, 0.717) is 0 Å². The fraction of sp³-hybridized carbons (Fsp3) is 0.158. The van der Waals surface area contributed by atoms with E-state index in [1.807, 2.05) is 0 Å². The van der Waals surface area contributed by atoms with E-state index in [1.165, 1.54) is 31.2 Å². The van der Waals surface area contributed by atoms with Gasteiger partial charge in [-0.2, -0.15) is 0 Å². The molecule has 0 spiro atoms. The lowest BCUT2D eigenvalue weighted by Gasteiger charge is -2.16. The van der Waals surface area contributed by atoms with Gasteiger partial charge in [-0.05, 0) is 12.1 Å². The van der Waals surface area contributed by atoms with Crippen LogP contribution in [0.2, 0.25) is 10.2 Å². The summed E-state index contributed by atoms with van der Waals surface area (Å²) in [6.07, 6.45) is 0.00664. The molecule has 1 aromatic heterocycles. The van der Waals surface area contributed by atoms with Gasteiger partial charge < -0.3 is 14.9 Å². The second-order valence-corrected chi connectivity index (χ2v) is 6.84. The van der Waals surface area contributed by atoms with Crippen LogP contribution in [-0.2, 0) is 16.0 Å². The number of ether oxygens (including phenoxy) is 1. The number of aromatic nitrogens is 1. The highest BCUT2D eigenvalue weighted by Crippen LogP contribution is 2.47. The number of pyridine rings is 1. The third-order valence-corrected chi connectivity index (χ3v) is 4.86. The summed E-state index contributed by atoms with van der Waals surface area (Å²) < 4.78 is 4.88. The molecule has 0 atom stereocenters. The Labute approximate surface area is 174 Å². The number of phenolic OH excluding ortho intramolecular Hbond substituents is 2. The number of esters is 1. The summed E-state index contributed by atoms with van der Waals surface area (Å²) in [6.45, 7) is 1.15. The maximum absolute atomic E-state index is 11.5. The van der Waals surface area contributed by atoms with Gasteiger partial charge in [0.2, 0.25) is 0 Å². The highest BCUT2D eigenvalue weighted by molar-refractivity contribution is 6.35. The Kier molecular flexibility index (Phi) is 5.76. The van der Waals surface area contributed by atoms with Crippen LogP contribution in [0.3, 0.4) is 0 Å². The first-order chi connectivity index (χ1) is 13.7. The van der Waals surface area contributed by atoms with Gasteiger partial charge in [0.1, 0.15) is 16.4 Å². The SMILES string of the molecule is CC(=O)OCCc1c(Cl)c(O)c2nc(Cl)cc(-c3ccccc3[N+](=O)[O-])c2c1O. The summed E-state index contributed by atoms with van der Waals surface area (Å²) in [5.74, 6) is -1.30. The van der Waals surface area contributed by atoms with Gasteiger partial charge >= 0.3 is 5.97 Å². The van der Waals surface area contributed by atoms with Crippen LogP contribution in [0, 0.1) is 10.1 Å². The first kappa shape index (κ1) is 20.6. The molecular weight excluding hydrogens is 423 g/mol. The highest BCUT2D eigenvalue weighted by atomic mass is 35.5. The number of hydrogen-bond acceptors (Lipinski definition) is 7. The van der Waals surface area contributed by atoms with Crippen molar-refractivity contribution in [1.29, 1.82) is 0 Å². The van der Waals surface area contributed by atoms with Crippen LogP contribution in [0.1, 0.15) is 12.5 Å². The maximum atomic E-state index is 11.5. The van der Waals surface area contributed by atoms with Gasteiger partial charge in [-0.25, -0.2) is 4.98 Å². The van der Waals surface area contributed by atoms with Gasteiger partial charge in [-0.1, -0.05) is 35.3 Å². The predicted octanol–water partition coefficient (Wildman–Crippen LogP) is 4.63. The van der Waals surface area contributed by atoms with Crippen molar-refractivity contribution in [2.75, 3.05) is 6.61 Å². The molecule has 0 amide bonds. The molecule has 0 aliphatic carbocycles. The van der Waals surface area contributed by atoms with Crippen LogP contribution in [-0.4, -0.2) is 32.7 Å². The molecule has 1 heterocycles. The van der Waals surface area contributed by atoms with E-state index in [9.17, 15) is 25.1 Å². The van der Waals surface area contributed by atoms with E-state index < -0.39 is 16.6 Å². The number of nitro benzene ring substituents is 1. The van der Waals surface area contributed by atoms with Gasteiger partial charge in [0, 0.05) is 30.5 Å². The molecule has 10 heteroatoms. The number of nitrogens with zero attached hydrogens (tertiary/aromatic N) is 2. The van der Waals surface area contributed by atoms with E-state index in [-0.39, 0.29) is 62.2 Å². The molecule has 0 saturated carbocycles. The van der Waals surface area contributed by atoms with Crippen molar-refractivity contribution in [3.63, 3.8) is 0 Å². The van der Waals surface area contributed by atoms with Crippen LogP contribution < -0.4 is 0 Å². The number of hydrogen-bond donors (Lipinski definition) is 2. The lowest BCUT2D eigenvalue weighted by atomic mass is 9.96. The van der Waals surface area contributed by atoms with Crippen molar-refractivity contribution in [2.45, 2.75) is 13.3 Å². The van der Waals surface area contributed by atoms with Gasteiger partial charge in [0.25, 0.3) is 5.69 Å². The Hall–Kier alpha value is -3.10. The average Bonchev–Trinajstić information content (AvgIpc) is 2.67. The minimum Gasteiger partial charge on any atom is -0.507 e. The van der Waals surface area contributed by atoms with E-state index in [0.717, 1.165) is 0 Å². The Morgan fingerprint density at radius 2 is 1.90 bits per heavy atom. The molecule has 0 aliphatic rings. The Morgan fingerprint density at radius 3 is 2.55 bits per heavy atom. The molecule has 2 aromatic carbocycles. The number of carbonyl (C=O) groups is 1. The zero-order valence-electron chi connectivity index (χ0n) is 15.0. The van der Waals surface area contributed by atoms with Gasteiger partial charge in [0.05, 0.1) is 27.5 Å².